The summed E-state index contributed by atoms with van der Waals surface area (Å²) >= 11 is 0. The predicted molar refractivity (Wildman–Crippen MR) is 76.4 cm³/mol. The van der Waals surface area contributed by atoms with Crippen molar-refractivity contribution in [3.8, 4) is 11.7 Å². The number of aldehydes is 1. The average Bonchev–Trinajstić information content (AvgIpc) is 2.52. The van der Waals surface area contributed by atoms with Crippen LogP contribution in [0.1, 0.15) is 20.7 Å². The van der Waals surface area contributed by atoms with Crippen LogP contribution in [0.15, 0.2) is 12.1 Å². The van der Waals surface area contributed by atoms with Gasteiger partial charge in [-0.2, -0.15) is 0 Å². The molecule has 6 nitrogen and oxygen atoms in total. The molecule has 2 aliphatic heterocycles. The van der Waals surface area contributed by atoms with E-state index in [1.165, 1.54) is 6.07 Å². The van der Waals surface area contributed by atoms with Gasteiger partial charge in [0.15, 0.2) is 6.29 Å². The van der Waals surface area contributed by atoms with Crippen LogP contribution in [0.25, 0.3) is 0 Å². The molecule has 0 spiro atoms. The van der Waals surface area contributed by atoms with Gasteiger partial charge >= 0.3 is 5.97 Å². The van der Waals surface area contributed by atoms with Gasteiger partial charge in [-0.05, 0) is 24.8 Å². The molecule has 0 radical (unpaired) electrons. The smallest absolute Gasteiger partial charge is 0.336 e. The summed E-state index contributed by atoms with van der Waals surface area (Å²) in [4.78, 5) is 24.4. The summed E-state index contributed by atoms with van der Waals surface area (Å²) in [7, 11) is 0. The van der Waals surface area contributed by atoms with Gasteiger partial charge in [0.25, 0.3) is 6.71 Å². The zero-order chi connectivity index (χ0) is 15.0. The maximum absolute atomic E-state index is 11.2. The van der Waals surface area contributed by atoms with Crippen LogP contribution in [-0.4, -0.2) is 43.3 Å². The lowest BCUT2D eigenvalue weighted by molar-refractivity contribution is 0.0693. The van der Waals surface area contributed by atoms with E-state index in [2.05, 4.69) is 10.9 Å². The third kappa shape index (κ3) is 2.23. The number of hydrogen-bond donors (Lipinski definition) is 1. The first-order valence-electron chi connectivity index (χ1n) is 6.79. The highest BCUT2D eigenvalue weighted by molar-refractivity contribution is 6.67. The molecule has 1 unspecified atom stereocenters. The van der Waals surface area contributed by atoms with Crippen molar-refractivity contribution < 1.29 is 19.4 Å². The minimum absolute atomic E-state index is 0.0280. The molecular formula is C14H13BN2O4. The third-order valence-corrected chi connectivity index (χ3v) is 4.13. The Kier molecular flexibility index (Phi) is 3.30. The van der Waals surface area contributed by atoms with Gasteiger partial charge < -0.3 is 14.7 Å². The minimum atomic E-state index is -1.14. The van der Waals surface area contributed by atoms with E-state index in [4.69, 9.17) is 15.1 Å². The zero-order valence-electron chi connectivity index (χ0n) is 11.3. The lowest BCUT2D eigenvalue weighted by Gasteiger charge is -2.42. The fourth-order valence-corrected chi connectivity index (χ4v) is 3.04. The number of nitriles is 1. The third-order valence-electron chi connectivity index (χ3n) is 4.13. The largest absolute Gasteiger partial charge is 0.489 e. The summed E-state index contributed by atoms with van der Waals surface area (Å²) in [5, 5.41) is 18.2. The summed E-state index contributed by atoms with van der Waals surface area (Å²) in [6, 6.07) is 3.09. The first-order valence-corrected chi connectivity index (χ1v) is 6.79. The summed E-state index contributed by atoms with van der Waals surface area (Å²) in [5.74, 6) is 1.64. The molecule has 1 aromatic rings. The van der Waals surface area contributed by atoms with Crippen LogP contribution in [0.4, 0.5) is 5.69 Å². The van der Waals surface area contributed by atoms with Crippen LogP contribution in [-0.2, 0) is 0 Å². The van der Waals surface area contributed by atoms with Gasteiger partial charge in [-0.25, -0.2) is 10.1 Å². The Bertz CT molecular complexity index is 655. The van der Waals surface area contributed by atoms with E-state index < -0.39 is 5.97 Å². The molecule has 21 heavy (non-hydrogen) atoms. The van der Waals surface area contributed by atoms with Gasteiger partial charge in [0, 0.05) is 18.1 Å². The van der Waals surface area contributed by atoms with Crippen LogP contribution < -0.4 is 9.64 Å². The highest BCUT2D eigenvalue weighted by atomic mass is 16.5. The van der Waals surface area contributed by atoms with Crippen molar-refractivity contribution in [3.63, 3.8) is 0 Å². The summed E-state index contributed by atoms with van der Waals surface area (Å²) < 4.78 is 5.65. The number of aromatic carboxylic acids is 1. The second-order valence-corrected chi connectivity index (χ2v) is 5.34. The van der Waals surface area contributed by atoms with Crippen molar-refractivity contribution in [1.29, 1.82) is 5.26 Å². The number of ether oxygens (including phenoxy) is 1. The van der Waals surface area contributed by atoms with E-state index in [1.54, 1.807) is 6.07 Å². The van der Waals surface area contributed by atoms with Crippen molar-refractivity contribution >= 4 is 24.7 Å². The van der Waals surface area contributed by atoms with E-state index in [0.717, 1.165) is 18.3 Å². The van der Waals surface area contributed by atoms with Crippen LogP contribution in [0, 0.1) is 11.2 Å². The number of fused-ring (bicyclic) bond motifs is 3. The molecule has 1 atom stereocenters. The molecule has 0 aromatic heterocycles. The number of nitrogens with zero attached hydrogens (tertiary/aromatic N) is 2. The van der Waals surface area contributed by atoms with Gasteiger partial charge in [-0.15, -0.1) is 0 Å². The normalized spacial score (nSPS) is 19.9. The van der Waals surface area contributed by atoms with Crippen LogP contribution in [0.5, 0.6) is 5.75 Å². The molecule has 0 aliphatic carbocycles. The number of benzene rings is 1. The fraction of sp³-hybridized carbons (Fsp3) is 0.357. The van der Waals surface area contributed by atoms with Crippen LogP contribution >= 0.6 is 0 Å². The molecule has 7 heteroatoms. The number of carboxylic acid groups (broad SMARTS) is 1. The molecule has 1 N–H and O–H groups in total. The predicted octanol–water partition coefficient (Wildman–Crippen LogP) is 1.34. The molecule has 1 saturated heterocycles. The van der Waals surface area contributed by atoms with E-state index >= 15 is 0 Å². The molecule has 0 saturated carbocycles. The summed E-state index contributed by atoms with van der Waals surface area (Å²) in [6.45, 7) is 1.18. The quantitative estimate of drug-likeness (QED) is 0.651. The van der Waals surface area contributed by atoms with E-state index in [-0.39, 0.29) is 23.9 Å². The first kappa shape index (κ1) is 13.5. The number of carbonyl (C=O) groups is 2. The first-order chi connectivity index (χ1) is 10.1. The van der Waals surface area contributed by atoms with Gasteiger partial charge in [-0.3, -0.25) is 4.79 Å². The zero-order valence-corrected chi connectivity index (χ0v) is 11.3. The van der Waals surface area contributed by atoms with Gasteiger partial charge in [0.05, 0.1) is 17.3 Å². The SMILES string of the molecule is N#CB1CCN2c3cc(C=O)c(C(=O)O)cc3OCC2C1. The average molecular weight is 284 g/mol. The number of hydrogen-bond acceptors (Lipinski definition) is 5. The Balaban J connectivity index is 2.00. The van der Waals surface area contributed by atoms with E-state index in [9.17, 15) is 9.59 Å². The summed E-state index contributed by atoms with van der Waals surface area (Å²) in [5.41, 5.74) is 0.844. The number of carboxylic acids is 1. The Morgan fingerprint density at radius 2 is 2.38 bits per heavy atom. The Morgan fingerprint density at radius 1 is 1.57 bits per heavy atom. The van der Waals surface area contributed by atoms with Gasteiger partial charge in [0.1, 0.15) is 12.4 Å². The monoisotopic (exact) mass is 284 g/mol. The minimum Gasteiger partial charge on any atom is -0.489 e. The Hall–Kier alpha value is -2.49. The molecule has 106 valence electrons. The second-order valence-electron chi connectivity index (χ2n) is 5.34. The second kappa shape index (κ2) is 5.13. The molecular weight excluding hydrogens is 271 g/mol. The molecule has 1 fully saturated rings. The van der Waals surface area contributed by atoms with E-state index in [1.807, 2.05) is 0 Å². The van der Waals surface area contributed by atoms with Crippen molar-refractivity contribution in [2.24, 2.45) is 0 Å². The van der Waals surface area contributed by atoms with Crippen molar-refractivity contribution in [2.75, 3.05) is 18.1 Å². The Labute approximate surface area is 122 Å². The van der Waals surface area contributed by atoms with Crippen LogP contribution in [0.2, 0.25) is 12.6 Å². The number of rotatable bonds is 2. The lowest BCUT2D eigenvalue weighted by atomic mass is 9.43. The van der Waals surface area contributed by atoms with Crippen molar-refractivity contribution in [2.45, 2.75) is 18.7 Å². The molecule has 0 amide bonds. The molecule has 2 aliphatic rings. The molecule has 0 bridgehead atoms. The van der Waals surface area contributed by atoms with Gasteiger partial charge in [0.2, 0.25) is 0 Å². The van der Waals surface area contributed by atoms with Gasteiger partial charge in [-0.1, -0.05) is 0 Å². The molecule has 2 heterocycles. The lowest BCUT2D eigenvalue weighted by Crippen LogP contribution is -2.50. The maximum atomic E-state index is 11.2. The summed E-state index contributed by atoms with van der Waals surface area (Å²) in [6.07, 6.45) is 2.05. The van der Waals surface area contributed by atoms with Crippen LogP contribution in [0.3, 0.4) is 0 Å². The number of carbonyl (C=O) groups excluding carboxylic acids is 1. The maximum Gasteiger partial charge on any atom is 0.336 e. The fourth-order valence-electron chi connectivity index (χ4n) is 3.04. The highest BCUT2D eigenvalue weighted by Crippen LogP contribution is 2.39. The van der Waals surface area contributed by atoms with Crippen molar-refractivity contribution in [1.82, 2.24) is 0 Å². The molecule has 1 aromatic carbocycles. The van der Waals surface area contributed by atoms with Crippen molar-refractivity contribution in [3.05, 3.63) is 23.3 Å². The molecule has 3 rings (SSSR count). The number of anilines is 1. The highest BCUT2D eigenvalue weighted by Gasteiger charge is 2.36. The topological polar surface area (TPSA) is 90.6 Å². The standard InChI is InChI=1S/C14H13BN2O4/c16-8-15-1-2-17-10(5-15)7-21-13-4-11(14(19)20)9(6-18)3-12(13)17/h3-4,6,10H,1-2,5,7H2,(H,19,20). The van der Waals surface area contributed by atoms with E-state index in [0.29, 0.717) is 25.2 Å². The Morgan fingerprint density at radius 3 is 3.05 bits per heavy atom.